The van der Waals surface area contributed by atoms with Crippen molar-refractivity contribution < 1.29 is 0 Å². The Hall–Kier alpha value is -1.64. The highest BCUT2D eigenvalue weighted by atomic mass is 15.1. The molecule has 1 aliphatic rings. The average Bonchev–Trinajstić information content (AvgIpc) is 2.74. The highest BCUT2D eigenvalue weighted by molar-refractivity contribution is 5.31. The molecule has 1 fully saturated rings. The second-order valence-corrected chi connectivity index (χ2v) is 8.44. The lowest BCUT2D eigenvalue weighted by atomic mass is 9.62. The molecule has 1 aliphatic carbocycles. The normalized spacial score (nSPS) is 25.6. The van der Waals surface area contributed by atoms with E-state index in [4.69, 9.17) is 0 Å². The van der Waals surface area contributed by atoms with Crippen LogP contribution in [0.1, 0.15) is 56.6 Å². The Morgan fingerprint density at radius 1 is 0.852 bits per heavy atom. The van der Waals surface area contributed by atoms with Gasteiger partial charge in [0, 0.05) is 17.5 Å². The van der Waals surface area contributed by atoms with Gasteiger partial charge < -0.3 is 10.2 Å². The zero-order valence-electron chi connectivity index (χ0n) is 17.4. The summed E-state index contributed by atoms with van der Waals surface area (Å²) in [4.78, 5) is 2.56. The molecule has 2 nitrogen and oxygen atoms in total. The molecule has 1 N–H and O–H groups in total. The van der Waals surface area contributed by atoms with Gasteiger partial charge in [-0.25, -0.2) is 0 Å². The van der Waals surface area contributed by atoms with Gasteiger partial charge in [0.25, 0.3) is 0 Å². The number of likely N-dealkylation sites (N-methyl/N-ethyl adjacent to an activating group) is 1. The van der Waals surface area contributed by atoms with Crippen molar-refractivity contribution in [3.8, 4) is 0 Å². The van der Waals surface area contributed by atoms with Crippen molar-refractivity contribution in [2.45, 2.75) is 56.4 Å². The molecule has 1 saturated carbocycles. The van der Waals surface area contributed by atoms with Gasteiger partial charge in [0.05, 0.1) is 0 Å². The maximum Gasteiger partial charge on any atom is 0.0432 e. The van der Waals surface area contributed by atoms with Crippen LogP contribution in [0, 0.1) is 0 Å². The first-order valence-corrected chi connectivity index (χ1v) is 10.6. The third kappa shape index (κ3) is 4.44. The molecule has 0 aromatic heterocycles. The predicted molar refractivity (Wildman–Crippen MR) is 116 cm³/mol. The summed E-state index contributed by atoms with van der Waals surface area (Å²) in [5, 5.41) is 3.70. The van der Waals surface area contributed by atoms with Gasteiger partial charge in [-0.05, 0) is 63.9 Å². The maximum absolute atomic E-state index is 3.70. The third-order valence-corrected chi connectivity index (χ3v) is 6.72. The molecule has 0 heterocycles. The lowest BCUT2D eigenvalue weighted by molar-refractivity contribution is 0.131. The predicted octanol–water partition coefficient (Wildman–Crippen LogP) is 5.35. The van der Waals surface area contributed by atoms with Crippen LogP contribution in [0.25, 0.3) is 0 Å². The Morgan fingerprint density at radius 3 is 1.93 bits per heavy atom. The van der Waals surface area contributed by atoms with Gasteiger partial charge in [-0.1, -0.05) is 74.0 Å². The van der Waals surface area contributed by atoms with Crippen molar-refractivity contribution in [1.29, 1.82) is 0 Å². The van der Waals surface area contributed by atoms with E-state index >= 15 is 0 Å². The Morgan fingerprint density at radius 2 is 1.41 bits per heavy atom. The molecule has 0 spiro atoms. The molecule has 0 aliphatic heterocycles. The minimum Gasteiger partial charge on any atom is -0.310 e. The van der Waals surface area contributed by atoms with Crippen LogP contribution in [-0.4, -0.2) is 32.1 Å². The van der Waals surface area contributed by atoms with E-state index in [-0.39, 0.29) is 11.0 Å². The van der Waals surface area contributed by atoms with E-state index in [1.807, 2.05) is 0 Å². The van der Waals surface area contributed by atoms with Crippen molar-refractivity contribution >= 4 is 0 Å². The van der Waals surface area contributed by atoms with Crippen molar-refractivity contribution in [2.24, 2.45) is 0 Å². The summed E-state index contributed by atoms with van der Waals surface area (Å²) < 4.78 is 0. The zero-order valence-corrected chi connectivity index (χ0v) is 17.4. The van der Waals surface area contributed by atoms with Crippen molar-refractivity contribution in [3.63, 3.8) is 0 Å². The van der Waals surface area contributed by atoms with E-state index in [1.165, 1.54) is 56.2 Å². The second-order valence-electron chi connectivity index (χ2n) is 8.44. The minimum atomic E-state index is 0.113. The quantitative estimate of drug-likeness (QED) is 0.680. The highest BCUT2D eigenvalue weighted by Crippen LogP contribution is 2.47. The smallest absolute Gasteiger partial charge is 0.0432 e. The van der Waals surface area contributed by atoms with E-state index < -0.39 is 0 Å². The lowest BCUT2D eigenvalue weighted by Crippen LogP contribution is -2.50. The number of nitrogens with zero attached hydrogens (tertiary/aromatic N) is 1. The zero-order chi connectivity index (χ0) is 19.2. The number of hydrogen-bond donors (Lipinski definition) is 1. The fourth-order valence-corrected chi connectivity index (χ4v) is 4.95. The lowest BCUT2D eigenvalue weighted by Gasteiger charge is -2.48. The number of nitrogens with one attached hydrogen (secondary N) is 1. The molecule has 0 bridgehead atoms. The Kier molecular flexibility index (Phi) is 6.73. The summed E-state index contributed by atoms with van der Waals surface area (Å²) in [5.74, 6) is 0. The SMILES string of the molecule is CCCCN(C)CC1(c2ccccc2)CCC(NC)(c2ccccc2)CC1. The monoisotopic (exact) mass is 364 g/mol. The molecule has 0 atom stereocenters. The summed E-state index contributed by atoms with van der Waals surface area (Å²) >= 11 is 0. The first kappa shape index (κ1) is 20.1. The number of rotatable bonds is 8. The van der Waals surface area contributed by atoms with Crippen LogP contribution in [0.2, 0.25) is 0 Å². The van der Waals surface area contributed by atoms with Crippen LogP contribution < -0.4 is 5.32 Å². The number of benzene rings is 2. The minimum absolute atomic E-state index is 0.113. The second kappa shape index (κ2) is 9.03. The summed E-state index contributed by atoms with van der Waals surface area (Å²) in [7, 11) is 4.44. The van der Waals surface area contributed by atoms with Gasteiger partial charge in [-0.3, -0.25) is 0 Å². The fraction of sp³-hybridized carbons (Fsp3) is 0.520. The van der Waals surface area contributed by atoms with Crippen LogP contribution in [0.15, 0.2) is 60.7 Å². The van der Waals surface area contributed by atoms with Gasteiger partial charge in [0.2, 0.25) is 0 Å². The number of unbranched alkanes of at least 4 members (excludes halogenated alkanes) is 1. The Bertz CT molecular complexity index is 672. The largest absolute Gasteiger partial charge is 0.310 e. The Labute approximate surface area is 166 Å². The molecule has 27 heavy (non-hydrogen) atoms. The molecule has 0 saturated heterocycles. The molecule has 0 amide bonds. The van der Waals surface area contributed by atoms with E-state index in [0.717, 1.165) is 6.54 Å². The molecular weight excluding hydrogens is 328 g/mol. The van der Waals surface area contributed by atoms with Crippen molar-refractivity contribution in [3.05, 3.63) is 71.8 Å². The van der Waals surface area contributed by atoms with Crippen LogP contribution >= 0.6 is 0 Å². The van der Waals surface area contributed by atoms with Crippen molar-refractivity contribution in [1.82, 2.24) is 10.2 Å². The van der Waals surface area contributed by atoms with E-state index in [1.54, 1.807) is 0 Å². The van der Waals surface area contributed by atoms with Gasteiger partial charge in [-0.2, -0.15) is 0 Å². The molecule has 3 rings (SSSR count). The molecular formula is C25H36N2. The van der Waals surface area contributed by atoms with Gasteiger partial charge >= 0.3 is 0 Å². The summed E-state index contributed by atoms with van der Waals surface area (Å²) in [5.41, 5.74) is 3.33. The van der Waals surface area contributed by atoms with Gasteiger partial charge in [-0.15, -0.1) is 0 Å². The van der Waals surface area contributed by atoms with Crippen LogP contribution in [0.3, 0.4) is 0 Å². The molecule has 0 unspecified atom stereocenters. The first-order valence-electron chi connectivity index (χ1n) is 10.6. The van der Waals surface area contributed by atoms with Gasteiger partial charge in [0.1, 0.15) is 0 Å². The molecule has 2 aromatic carbocycles. The first-order chi connectivity index (χ1) is 13.1. The van der Waals surface area contributed by atoms with Crippen LogP contribution in [0.5, 0.6) is 0 Å². The Balaban J connectivity index is 1.84. The topological polar surface area (TPSA) is 15.3 Å². The third-order valence-electron chi connectivity index (χ3n) is 6.72. The van der Waals surface area contributed by atoms with Crippen LogP contribution in [0.4, 0.5) is 0 Å². The van der Waals surface area contributed by atoms with Crippen LogP contribution in [-0.2, 0) is 11.0 Å². The number of hydrogen-bond acceptors (Lipinski definition) is 2. The summed E-state index contributed by atoms with van der Waals surface area (Å²) in [6.45, 7) is 4.63. The molecule has 2 heteroatoms. The van der Waals surface area contributed by atoms with E-state index in [2.05, 4.69) is 91.9 Å². The highest BCUT2D eigenvalue weighted by Gasteiger charge is 2.44. The molecule has 0 radical (unpaired) electrons. The standard InChI is InChI=1S/C25H36N2/c1-4-5-20-27(3)21-24(22-12-8-6-9-13-22)16-18-25(26-2,19-17-24)23-14-10-7-11-15-23/h6-15,26H,4-5,16-21H2,1-3H3. The van der Waals surface area contributed by atoms with E-state index in [0.29, 0.717) is 0 Å². The fourth-order valence-electron chi connectivity index (χ4n) is 4.95. The summed E-state index contributed by atoms with van der Waals surface area (Å²) in [6, 6.07) is 22.3. The molecule has 146 valence electrons. The average molecular weight is 365 g/mol. The maximum atomic E-state index is 3.70. The molecule has 2 aromatic rings. The van der Waals surface area contributed by atoms with Crippen molar-refractivity contribution in [2.75, 3.05) is 27.2 Å². The van der Waals surface area contributed by atoms with Gasteiger partial charge in [0.15, 0.2) is 0 Å². The summed E-state index contributed by atoms with van der Waals surface area (Å²) in [6.07, 6.45) is 7.37. The van der Waals surface area contributed by atoms with E-state index in [9.17, 15) is 0 Å².